The largest absolute Gasteiger partial charge is 0.492 e. The summed E-state index contributed by atoms with van der Waals surface area (Å²) in [5.41, 5.74) is 2.66. The molecule has 0 bridgehead atoms. The van der Waals surface area contributed by atoms with E-state index in [0.717, 1.165) is 16.6 Å². The maximum absolute atomic E-state index is 13.0. The first-order chi connectivity index (χ1) is 13.1. The Hall–Kier alpha value is -2.73. The van der Waals surface area contributed by atoms with Crippen LogP contribution < -0.4 is 4.74 Å². The van der Waals surface area contributed by atoms with Crippen molar-refractivity contribution in [3.63, 3.8) is 0 Å². The summed E-state index contributed by atoms with van der Waals surface area (Å²) >= 11 is 1.51. The Bertz CT molecular complexity index is 892. The molecular formula is C21H23N3O2S. The van der Waals surface area contributed by atoms with E-state index in [1.54, 1.807) is 18.1 Å². The molecular weight excluding hydrogens is 358 g/mol. The molecule has 0 spiro atoms. The number of carbonyl (C=O) groups is 1. The molecule has 0 N–H and O–H groups in total. The molecule has 3 aromatic rings. The number of hydrogen-bond donors (Lipinski definition) is 0. The van der Waals surface area contributed by atoms with E-state index in [1.807, 2.05) is 72.3 Å². The Kier molecular flexibility index (Phi) is 6.19. The lowest BCUT2D eigenvalue weighted by atomic mass is 10.2. The van der Waals surface area contributed by atoms with Gasteiger partial charge in [-0.3, -0.25) is 9.36 Å². The van der Waals surface area contributed by atoms with Gasteiger partial charge in [-0.1, -0.05) is 47.7 Å². The molecule has 140 valence electrons. The first kappa shape index (κ1) is 19.0. The average Bonchev–Trinajstić information content (AvgIpc) is 3.13. The van der Waals surface area contributed by atoms with Crippen LogP contribution in [0.3, 0.4) is 0 Å². The summed E-state index contributed by atoms with van der Waals surface area (Å²) in [7, 11) is 1.78. The number of rotatable bonds is 7. The van der Waals surface area contributed by atoms with E-state index >= 15 is 0 Å². The maximum Gasteiger partial charge on any atom is 0.272 e. The number of hydrogen-bond acceptors (Lipinski definition) is 4. The summed E-state index contributed by atoms with van der Waals surface area (Å²) < 4.78 is 7.63. The van der Waals surface area contributed by atoms with Crippen LogP contribution in [0.15, 0.2) is 66.0 Å². The van der Waals surface area contributed by atoms with E-state index in [1.165, 1.54) is 17.3 Å². The van der Waals surface area contributed by atoms with Crippen molar-refractivity contribution in [1.29, 1.82) is 0 Å². The summed E-state index contributed by atoms with van der Waals surface area (Å²) in [6.07, 6.45) is 3.59. The van der Waals surface area contributed by atoms with Crippen molar-refractivity contribution in [2.45, 2.75) is 12.1 Å². The van der Waals surface area contributed by atoms with Gasteiger partial charge < -0.3 is 9.64 Å². The summed E-state index contributed by atoms with van der Waals surface area (Å²) in [5, 5.41) is 0.786. The van der Waals surface area contributed by atoms with E-state index in [9.17, 15) is 4.79 Å². The molecule has 27 heavy (non-hydrogen) atoms. The Labute approximate surface area is 164 Å². The molecule has 1 heterocycles. The van der Waals surface area contributed by atoms with Gasteiger partial charge in [0.25, 0.3) is 5.91 Å². The molecule has 0 aliphatic rings. The van der Waals surface area contributed by atoms with Gasteiger partial charge in [-0.2, -0.15) is 0 Å². The maximum atomic E-state index is 13.0. The van der Waals surface area contributed by atoms with E-state index in [2.05, 4.69) is 4.98 Å². The zero-order valence-electron chi connectivity index (χ0n) is 15.8. The zero-order valence-corrected chi connectivity index (χ0v) is 16.6. The standard InChI is InChI=1S/C21H23N3O2S/c1-16-9-11-18(12-10-16)26-14-13-23(2)20(25)19-15-22-21(27-3)24(19)17-7-5-4-6-8-17/h4-12,15H,13-14H2,1-3H3. The molecule has 0 saturated carbocycles. The highest BCUT2D eigenvalue weighted by molar-refractivity contribution is 7.98. The van der Waals surface area contributed by atoms with Crippen LogP contribution in [0.25, 0.3) is 5.69 Å². The van der Waals surface area contributed by atoms with Crippen molar-refractivity contribution < 1.29 is 9.53 Å². The number of amides is 1. The second-order valence-corrected chi connectivity index (χ2v) is 6.96. The van der Waals surface area contributed by atoms with Gasteiger partial charge in [0.15, 0.2) is 5.16 Å². The average molecular weight is 382 g/mol. The fourth-order valence-corrected chi connectivity index (χ4v) is 3.23. The molecule has 0 aliphatic heterocycles. The first-order valence-corrected chi connectivity index (χ1v) is 9.94. The third-order valence-corrected chi connectivity index (χ3v) is 4.86. The van der Waals surface area contributed by atoms with Crippen LogP contribution in [-0.2, 0) is 0 Å². The van der Waals surface area contributed by atoms with Crippen molar-refractivity contribution >= 4 is 17.7 Å². The topological polar surface area (TPSA) is 47.4 Å². The summed E-state index contributed by atoms with van der Waals surface area (Å²) in [5.74, 6) is 0.722. The number of benzene rings is 2. The quantitative estimate of drug-likeness (QED) is 0.579. The molecule has 0 aliphatic carbocycles. The van der Waals surface area contributed by atoms with E-state index < -0.39 is 0 Å². The van der Waals surface area contributed by atoms with Crippen LogP contribution in [0.1, 0.15) is 16.1 Å². The number of para-hydroxylation sites is 1. The first-order valence-electron chi connectivity index (χ1n) is 8.72. The molecule has 0 fully saturated rings. The Morgan fingerprint density at radius 2 is 1.85 bits per heavy atom. The van der Waals surface area contributed by atoms with Gasteiger partial charge in [0, 0.05) is 12.7 Å². The van der Waals surface area contributed by atoms with Gasteiger partial charge in [0.2, 0.25) is 0 Å². The fourth-order valence-electron chi connectivity index (χ4n) is 2.69. The Morgan fingerprint density at radius 1 is 1.15 bits per heavy atom. The van der Waals surface area contributed by atoms with Crippen LogP contribution in [0.2, 0.25) is 0 Å². The molecule has 1 aromatic heterocycles. The van der Waals surface area contributed by atoms with Crippen molar-refractivity contribution in [2.75, 3.05) is 26.5 Å². The molecule has 2 aromatic carbocycles. The monoisotopic (exact) mass is 381 g/mol. The second kappa shape index (κ2) is 8.77. The van der Waals surface area contributed by atoms with E-state index in [0.29, 0.717) is 18.8 Å². The highest BCUT2D eigenvalue weighted by atomic mass is 32.2. The van der Waals surface area contributed by atoms with E-state index in [-0.39, 0.29) is 5.91 Å². The normalized spacial score (nSPS) is 10.6. The number of ether oxygens (including phenoxy) is 1. The molecule has 3 rings (SSSR count). The van der Waals surface area contributed by atoms with Gasteiger partial charge in [-0.05, 0) is 37.4 Å². The number of carbonyl (C=O) groups excluding carboxylic acids is 1. The summed E-state index contributed by atoms with van der Waals surface area (Å²) in [4.78, 5) is 19.0. The van der Waals surface area contributed by atoms with E-state index in [4.69, 9.17) is 4.74 Å². The Balaban J connectivity index is 1.70. The third-order valence-electron chi connectivity index (χ3n) is 4.21. The highest BCUT2D eigenvalue weighted by Crippen LogP contribution is 2.22. The number of nitrogens with zero attached hydrogens (tertiary/aromatic N) is 3. The van der Waals surface area contributed by atoms with Gasteiger partial charge in [0.1, 0.15) is 18.1 Å². The molecule has 0 saturated heterocycles. The molecule has 0 unspecified atom stereocenters. The van der Waals surface area contributed by atoms with Gasteiger partial charge in [0.05, 0.1) is 12.7 Å². The molecule has 5 nitrogen and oxygen atoms in total. The number of thioether (sulfide) groups is 1. The summed E-state index contributed by atoms with van der Waals surface area (Å²) in [6.45, 7) is 2.95. The minimum atomic E-state index is -0.0841. The van der Waals surface area contributed by atoms with Gasteiger partial charge in [-0.25, -0.2) is 4.98 Å². The van der Waals surface area contributed by atoms with Crippen molar-refractivity contribution in [1.82, 2.24) is 14.5 Å². The molecule has 0 atom stereocenters. The van der Waals surface area contributed by atoms with Crippen LogP contribution in [0.4, 0.5) is 0 Å². The van der Waals surface area contributed by atoms with Crippen LogP contribution >= 0.6 is 11.8 Å². The number of aromatic nitrogens is 2. The lowest BCUT2D eigenvalue weighted by Gasteiger charge is -2.19. The smallest absolute Gasteiger partial charge is 0.272 e. The number of aryl methyl sites for hydroxylation is 1. The second-order valence-electron chi connectivity index (χ2n) is 6.19. The molecule has 1 amide bonds. The molecule has 0 radical (unpaired) electrons. The fraction of sp³-hybridized carbons (Fsp3) is 0.238. The van der Waals surface area contributed by atoms with Crippen molar-refractivity contribution in [3.05, 3.63) is 72.1 Å². The van der Waals surface area contributed by atoms with Crippen LogP contribution in [-0.4, -0.2) is 46.8 Å². The minimum Gasteiger partial charge on any atom is -0.492 e. The van der Waals surface area contributed by atoms with Gasteiger partial charge in [-0.15, -0.1) is 0 Å². The number of likely N-dealkylation sites (N-methyl/N-ethyl adjacent to an activating group) is 1. The SMILES string of the molecule is CSc1ncc(C(=O)N(C)CCOc2ccc(C)cc2)n1-c1ccccc1. The highest BCUT2D eigenvalue weighted by Gasteiger charge is 2.20. The third kappa shape index (κ3) is 4.52. The number of imidazole rings is 1. The van der Waals surface area contributed by atoms with Crippen molar-refractivity contribution in [3.8, 4) is 11.4 Å². The van der Waals surface area contributed by atoms with Crippen LogP contribution in [0.5, 0.6) is 5.75 Å². The predicted octanol–water partition coefficient (Wildman–Crippen LogP) is 4.05. The molecule has 6 heteroatoms. The summed E-state index contributed by atoms with van der Waals surface area (Å²) in [6, 6.07) is 17.7. The lowest BCUT2D eigenvalue weighted by molar-refractivity contribution is 0.0765. The van der Waals surface area contributed by atoms with Gasteiger partial charge >= 0.3 is 0 Å². The van der Waals surface area contributed by atoms with Crippen molar-refractivity contribution in [2.24, 2.45) is 0 Å². The minimum absolute atomic E-state index is 0.0841. The van der Waals surface area contributed by atoms with Crippen LogP contribution in [0, 0.1) is 6.92 Å². The Morgan fingerprint density at radius 3 is 2.52 bits per heavy atom. The lowest BCUT2D eigenvalue weighted by Crippen LogP contribution is -2.32. The zero-order chi connectivity index (χ0) is 19.2. The predicted molar refractivity (Wildman–Crippen MR) is 109 cm³/mol.